The van der Waals surface area contributed by atoms with E-state index in [0.29, 0.717) is 6.54 Å². The molecule has 0 aliphatic rings. The highest BCUT2D eigenvalue weighted by atomic mass is 32.1. The number of rotatable bonds is 4. The zero-order chi connectivity index (χ0) is 11.4. The van der Waals surface area contributed by atoms with Crippen molar-refractivity contribution in [2.45, 2.75) is 26.3 Å². The molecule has 0 radical (unpaired) electrons. The molecule has 0 unspecified atom stereocenters. The first kappa shape index (κ1) is 11.3. The lowest BCUT2D eigenvalue weighted by Crippen LogP contribution is -1.96. The van der Waals surface area contributed by atoms with Gasteiger partial charge >= 0.3 is 0 Å². The smallest absolute Gasteiger partial charge is 0.0972 e. The molecule has 2 nitrogen and oxygen atoms in total. The summed E-state index contributed by atoms with van der Waals surface area (Å²) in [5.74, 6) is 0. The van der Waals surface area contributed by atoms with E-state index in [2.05, 4.69) is 41.6 Å². The normalized spacial score (nSPS) is 10.6. The maximum Gasteiger partial charge on any atom is 0.0972 e. The van der Waals surface area contributed by atoms with Crippen molar-refractivity contribution in [1.82, 2.24) is 4.98 Å². The highest BCUT2D eigenvalue weighted by molar-refractivity contribution is 7.09. The van der Waals surface area contributed by atoms with Gasteiger partial charge in [0.1, 0.15) is 0 Å². The van der Waals surface area contributed by atoms with Crippen LogP contribution in [0.3, 0.4) is 0 Å². The molecule has 0 aliphatic carbocycles. The molecule has 1 aromatic carbocycles. The van der Waals surface area contributed by atoms with E-state index in [-0.39, 0.29) is 0 Å². The van der Waals surface area contributed by atoms with Gasteiger partial charge in [-0.2, -0.15) is 0 Å². The van der Waals surface area contributed by atoms with Crippen LogP contribution in [-0.4, -0.2) is 4.98 Å². The summed E-state index contributed by atoms with van der Waals surface area (Å²) in [6, 6.07) is 8.44. The number of hydrogen-bond acceptors (Lipinski definition) is 3. The van der Waals surface area contributed by atoms with Gasteiger partial charge in [-0.25, -0.2) is 4.98 Å². The first-order chi connectivity index (χ1) is 7.81. The maximum absolute atomic E-state index is 5.56. The van der Waals surface area contributed by atoms with Crippen molar-refractivity contribution in [2.24, 2.45) is 5.73 Å². The predicted molar refractivity (Wildman–Crippen MR) is 68.6 cm³/mol. The lowest BCUT2D eigenvalue weighted by molar-refractivity contribution is 1.01. The topological polar surface area (TPSA) is 38.9 Å². The second kappa shape index (κ2) is 5.23. The molecule has 2 aromatic rings. The quantitative estimate of drug-likeness (QED) is 0.880. The largest absolute Gasteiger partial charge is 0.326 e. The highest BCUT2D eigenvalue weighted by Gasteiger charge is 2.01. The zero-order valence-electron chi connectivity index (χ0n) is 9.44. The highest BCUT2D eigenvalue weighted by Crippen LogP contribution is 2.15. The van der Waals surface area contributed by atoms with Crippen molar-refractivity contribution < 1.29 is 0 Å². The maximum atomic E-state index is 5.56. The van der Waals surface area contributed by atoms with Gasteiger partial charge in [-0.05, 0) is 17.5 Å². The van der Waals surface area contributed by atoms with E-state index in [0.717, 1.165) is 12.8 Å². The minimum Gasteiger partial charge on any atom is -0.326 e. The van der Waals surface area contributed by atoms with Gasteiger partial charge in [0.25, 0.3) is 0 Å². The van der Waals surface area contributed by atoms with Crippen LogP contribution in [0.1, 0.15) is 28.8 Å². The average molecular weight is 232 g/mol. The van der Waals surface area contributed by atoms with Gasteiger partial charge in [-0.3, -0.25) is 0 Å². The van der Waals surface area contributed by atoms with E-state index in [4.69, 9.17) is 5.73 Å². The van der Waals surface area contributed by atoms with Gasteiger partial charge in [0.2, 0.25) is 0 Å². The van der Waals surface area contributed by atoms with Crippen molar-refractivity contribution in [3.63, 3.8) is 0 Å². The van der Waals surface area contributed by atoms with Gasteiger partial charge in [-0.15, -0.1) is 11.3 Å². The molecule has 2 N–H and O–H groups in total. The molecular formula is C13H16N2S. The SMILES string of the molecule is CCc1csc(Cc2ccc(CN)cc2)n1. The molecule has 0 saturated heterocycles. The summed E-state index contributed by atoms with van der Waals surface area (Å²) in [5, 5.41) is 3.33. The van der Waals surface area contributed by atoms with Gasteiger partial charge in [0.05, 0.1) is 10.7 Å². The number of nitrogens with two attached hydrogens (primary N) is 1. The first-order valence-electron chi connectivity index (χ1n) is 5.53. The van der Waals surface area contributed by atoms with Crippen LogP contribution in [0.25, 0.3) is 0 Å². The fraction of sp³-hybridized carbons (Fsp3) is 0.308. The number of benzene rings is 1. The molecule has 0 bridgehead atoms. The van der Waals surface area contributed by atoms with E-state index < -0.39 is 0 Å². The number of thiazole rings is 1. The molecule has 84 valence electrons. The van der Waals surface area contributed by atoms with Crippen molar-refractivity contribution in [1.29, 1.82) is 0 Å². The number of hydrogen-bond donors (Lipinski definition) is 1. The van der Waals surface area contributed by atoms with E-state index >= 15 is 0 Å². The van der Waals surface area contributed by atoms with Crippen molar-refractivity contribution in [3.05, 3.63) is 51.5 Å². The molecule has 0 saturated carbocycles. The molecule has 2 rings (SSSR count). The number of nitrogens with zero attached hydrogens (tertiary/aromatic N) is 1. The van der Waals surface area contributed by atoms with Gasteiger partial charge in [0.15, 0.2) is 0 Å². The second-order valence-electron chi connectivity index (χ2n) is 3.78. The Labute approximate surface area is 100 Å². The Bertz CT molecular complexity index is 445. The molecule has 16 heavy (non-hydrogen) atoms. The molecule has 0 spiro atoms. The van der Waals surface area contributed by atoms with Crippen molar-refractivity contribution in [3.8, 4) is 0 Å². The Morgan fingerprint density at radius 1 is 1.19 bits per heavy atom. The molecule has 0 fully saturated rings. The third-order valence-electron chi connectivity index (χ3n) is 2.58. The summed E-state index contributed by atoms with van der Waals surface area (Å²) in [4.78, 5) is 4.56. The van der Waals surface area contributed by atoms with E-state index in [1.165, 1.54) is 21.8 Å². The van der Waals surface area contributed by atoms with Crippen LogP contribution in [0.5, 0.6) is 0 Å². The molecule has 0 atom stereocenters. The van der Waals surface area contributed by atoms with Crippen LogP contribution in [0, 0.1) is 0 Å². The molecule has 0 amide bonds. The minimum atomic E-state index is 0.609. The lowest BCUT2D eigenvalue weighted by Gasteiger charge is -2.00. The van der Waals surface area contributed by atoms with E-state index in [1.807, 2.05) is 0 Å². The second-order valence-corrected chi connectivity index (χ2v) is 4.73. The third kappa shape index (κ3) is 2.68. The van der Waals surface area contributed by atoms with E-state index in [9.17, 15) is 0 Å². The Morgan fingerprint density at radius 2 is 1.88 bits per heavy atom. The van der Waals surface area contributed by atoms with Crippen molar-refractivity contribution in [2.75, 3.05) is 0 Å². The van der Waals surface area contributed by atoms with Crippen LogP contribution >= 0.6 is 11.3 Å². The minimum absolute atomic E-state index is 0.609. The molecule has 3 heteroatoms. The number of aromatic nitrogens is 1. The molecule has 0 aliphatic heterocycles. The fourth-order valence-corrected chi connectivity index (χ4v) is 2.47. The third-order valence-corrected chi connectivity index (χ3v) is 3.47. The summed E-state index contributed by atoms with van der Waals surface area (Å²) >= 11 is 1.74. The molecular weight excluding hydrogens is 216 g/mol. The molecule has 1 heterocycles. The van der Waals surface area contributed by atoms with Gasteiger partial charge in [-0.1, -0.05) is 31.2 Å². The Morgan fingerprint density at radius 3 is 2.44 bits per heavy atom. The lowest BCUT2D eigenvalue weighted by atomic mass is 10.1. The monoisotopic (exact) mass is 232 g/mol. The van der Waals surface area contributed by atoms with Gasteiger partial charge in [0, 0.05) is 18.3 Å². The van der Waals surface area contributed by atoms with Crippen LogP contribution in [0.4, 0.5) is 0 Å². The summed E-state index contributed by atoms with van der Waals surface area (Å²) in [5.41, 5.74) is 9.23. The average Bonchev–Trinajstić information content (AvgIpc) is 2.78. The summed E-state index contributed by atoms with van der Waals surface area (Å²) in [6.07, 6.45) is 1.94. The van der Waals surface area contributed by atoms with Crippen LogP contribution in [0.2, 0.25) is 0 Å². The van der Waals surface area contributed by atoms with Crippen molar-refractivity contribution >= 4 is 11.3 Å². The zero-order valence-corrected chi connectivity index (χ0v) is 10.3. The summed E-state index contributed by atoms with van der Waals surface area (Å²) < 4.78 is 0. The predicted octanol–water partition coefficient (Wildman–Crippen LogP) is 2.75. The van der Waals surface area contributed by atoms with Crippen LogP contribution in [0.15, 0.2) is 29.6 Å². The van der Waals surface area contributed by atoms with Gasteiger partial charge < -0.3 is 5.73 Å². The van der Waals surface area contributed by atoms with Crippen LogP contribution < -0.4 is 5.73 Å². The standard InChI is InChI=1S/C13H16N2S/c1-2-12-9-16-13(15-12)7-10-3-5-11(8-14)6-4-10/h3-6,9H,2,7-8,14H2,1H3. The first-order valence-corrected chi connectivity index (χ1v) is 6.41. The Kier molecular flexibility index (Phi) is 3.70. The van der Waals surface area contributed by atoms with Crippen LogP contribution in [-0.2, 0) is 19.4 Å². The summed E-state index contributed by atoms with van der Waals surface area (Å²) in [6.45, 7) is 2.74. The Balaban J connectivity index is 2.08. The Hall–Kier alpha value is -1.19. The number of aryl methyl sites for hydroxylation is 1. The van der Waals surface area contributed by atoms with E-state index in [1.54, 1.807) is 11.3 Å². The molecule has 1 aromatic heterocycles. The summed E-state index contributed by atoms with van der Waals surface area (Å²) in [7, 11) is 0. The fourth-order valence-electron chi connectivity index (χ4n) is 1.56.